The Balaban J connectivity index is 2.33. The average Bonchev–Trinajstić information content (AvgIpc) is 2.51. The van der Waals surface area contributed by atoms with Crippen molar-refractivity contribution in [2.75, 3.05) is 5.32 Å². The van der Waals surface area contributed by atoms with E-state index in [-0.39, 0.29) is 0 Å². The topological polar surface area (TPSA) is 55.6 Å². The Kier molecular flexibility index (Phi) is 2.60. The van der Waals surface area contributed by atoms with E-state index in [9.17, 15) is 0 Å². The zero-order chi connectivity index (χ0) is 11.7. The summed E-state index contributed by atoms with van der Waals surface area (Å²) in [5.41, 5.74) is 3.69. The second-order valence-electron chi connectivity index (χ2n) is 3.87. The van der Waals surface area contributed by atoms with Gasteiger partial charge in [-0.1, -0.05) is 0 Å². The molecule has 0 aliphatic rings. The lowest BCUT2D eigenvalue weighted by molar-refractivity contribution is 0.756. The van der Waals surface area contributed by atoms with Crippen LogP contribution in [0.1, 0.15) is 17.1 Å². The van der Waals surface area contributed by atoms with Crippen molar-refractivity contribution in [1.29, 1.82) is 0 Å². The summed E-state index contributed by atoms with van der Waals surface area (Å²) in [6, 6.07) is 0. The van der Waals surface area contributed by atoms with Crippen molar-refractivity contribution >= 4 is 11.5 Å². The van der Waals surface area contributed by atoms with Crippen LogP contribution in [-0.4, -0.2) is 19.7 Å². The van der Waals surface area contributed by atoms with Crippen LogP contribution in [0.2, 0.25) is 0 Å². The summed E-state index contributed by atoms with van der Waals surface area (Å²) in [7, 11) is 1.90. The van der Waals surface area contributed by atoms with Crippen molar-refractivity contribution < 1.29 is 0 Å². The van der Waals surface area contributed by atoms with Crippen molar-refractivity contribution in [1.82, 2.24) is 19.7 Å². The molecule has 0 aliphatic carbocycles. The van der Waals surface area contributed by atoms with Crippen LogP contribution in [-0.2, 0) is 7.05 Å². The molecule has 0 radical (unpaired) electrons. The van der Waals surface area contributed by atoms with Crippen molar-refractivity contribution in [2.24, 2.45) is 7.05 Å². The number of rotatable bonds is 2. The highest BCUT2D eigenvalue weighted by Gasteiger charge is 2.06. The highest BCUT2D eigenvalue weighted by molar-refractivity contribution is 5.59. The molecule has 2 heterocycles. The molecule has 5 nitrogen and oxygen atoms in total. The van der Waals surface area contributed by atoms with Crippen LogP contribution < -0.4 is 5.32 Å². The molecule has 0 unspecified atom stereocenters. The lowest BCUT2D eigenvalue weighted by Crippen LogP contribution is -2.00. The van der Waals surface area contributed by atoms with Crippen LogP contribution in [0.4, 0.5) is 11.5 Å². The number of anilines is 2. The third-order valence-electron chi connectivity index (χ3n) is 2.34. The first-order valence-corrected chi connectivity index (χ1v) is 5.14. The molecule has 0 spiro atoms. The molecule has 1 N–H and O–H groups in total. The van der Waals surface area contributed by atoms with E-state index in [1.165, 1.54) is 0 Å². The molecule has 0 fully saturated rings. The zero-order valence-corrected chi connectivity index (χ0v) is 9.94. The molecule has 5 heteroatoms. The van der Waals surface area contributed by atoms with Crippen LogP contribution in [0, 0.1) is 20.8 Å². The number of aryl methyl sites for hydroxylation is 4. The standard InChI is InChI=1S/C11H15N5/c1-7-5-12-9(3)11(13-7)14-10-6-16(4)15-8(10)2/h5-6H,1-4H3,(H,13,14). The monoisotopic (exact) mass is 217 g/mol. The zero-order valence-electron chi connectivity index (χ0n) is 9.94. The molecule has 0 saturated carbocycles. The highest BCUT2D eigenvalue weighted by atomic mass is 15.3. The van der Waals surface area contributed by atoms with Gasteiger partial charge >= 0.3 is 0 Å². The van der Waals surface area contributed by atoms with Gasteiger partial charge in [0, 0.05) is 19.4 Å². The maximum atomic E-state index is 4.41. The lowest BCUT2D eigenvalue weighted by atomic mass is 10.3. The Hall–Kier alpha value is -1.91. The summed E-state index contributed by atoms with van der Waals surface area (Å²) >= 11 is 0. The van der Waals surface area contributed by atoms with Crippen LogP contribution in [0.25, 0.3) is 0 Å². The number of nitrogens with one attached hydrogen (secondary N) is 1. The Bertz CT molecular complexity index is 515. The second-order valence-corrected chi connectivity index (χ2v) is 3.87. The number of hydrogen-bond acceptors (Lipinski definition) is 4. The smallest absolute Gasteiger partial charge is 0.152 e. The summed E-state index contributed by atoms with van der Waals surface area (Å²) in [4.78, 5) is 8.67. The van der Waals surface area contributed by atoms with E-state index < -0.39 is 0 Å². The SMILES string of the molecule is Cc1cnc(C)c(Nc2cn(C)nc2C)n1. The van der Waals surface area contributed by atoms with Crippen molar-refractivity contribution in [3.63, 3.8) is 0 Å². The van der Waals surface area contributed by atoms with E-state index in [1.54, 1.807) is 10.9 Å². The van der Waals surface area contributed by atoms with Gasteiger partial charge in [-0.2, -0.15) is 5.10 Å². The van der Waals surface area contributed by atoms with Gasteiger partial charge in [0.25, 0.3) is 0 Å². The second kappa shape index (κ2) is 3.92. The lowest BCUT2D eigenvalue weighted by Gasteiger charge is -2.06. The van der Waals surface area contributed by atoms with Gasteiger partial charge < -0.3 is 5.32 Å². The molecule has 0 aliphatic heterocycles. The van der Waals surface area contributed by atoms with Gasteiger partial charge in [0.2, 0.25) is 0 Å². The Morgan fingerprint density at radius 2 is 1.94 bits per heavy atom. The minimum absolute atomic E-state index is 0.788. The minimum atomic E-state index is 0.788. The largest absolute Gasteiger partial charge is 0.336 e. The van der Waals surface area contributed by atoms with Gasteiger partial charge in [-0.3, -0.25) is 9.67 Å². The van der Waals surface area contributed by atoms with Gasteiger partial charge in [-0.15, -0.1) is 0 Å². The Morgan fingerprint density at radius 1 is 1.19 bits per heavy atom. The molecule has 0 aromatic carbocycles. The summed E-state index contributed by atoms with van der Waals surface area (Å²) in [5, 5.41) is 7.51. The summed E-state index contributed by atoms with van der Waals surface area (Å²) in [5.74, 6) is 0.788. The van der Waals surface area contributed by atoms with E-state index >= 15 is 0 Å². The number of hydrogen-bond donors (Lipinski definition) is 1. The molecule has 0 saturated heterocycles. The number of nitrogens with zero attached hydrogens (tertiary/aromatic N) is 4. The van der Waals surface area contributed by atoms with Crippen molar-refractivity contribution in [3.05, 3.63) is 29.5 Å². The van der Waals surface area contributed by atoms with Gasteiger partial charge in [0.1, 0.15) is 0 Å². The molecule has 0 atom stereocenters. The molecule has 16 heavy (non-hydrogen) atoms. The highest BCUT2D eigenvalue weighted by Crippen LogP contribution is 2.19. The fourth-order valence-electron chi connectivity index (χ4n) is 1.51. The molecule has 0 bridgehead atoms. The van der Waals surface area contributed by atoms with Gasteiger partial charge in [0.05, 0.1) is 22.8 Å². The molecular formula is C11H15N5. The number of aromatic nitrogens is 4. The predicted octanol–water partition coefficient (Wildman–Crippen LogP) is 1.88. The summed E-state index contributed by atoms with van der Waals surface area (Å²) in [6.07, 6.45) is 3.69. The normalized spacial score (nSPS) is 10.5. The van der Waals surface area contributed by atoms with Gasteiger partial charge in [-0.25, -0.2) is 4.98 Å². The quantitative estimate of drug-likeness (QED) is 0.834. The van der Waals surface area contributed by atoms with E-state index in [0.29, 0.717) is 0 Å². The van der Waals surface area contributed by atoms with Crippen molar-refractivity contribution in [3.8, 4) is 0 Å². The summed E-state index contributed by atoms with van der Waals surface area (Å²) < 4.78 is 1.77. The van der Waals surface area contributed by atoms with Crippen LogP contribution in [0.3, 0.4) is 0 Å². The molecule has 2 aromatic heterocycles. The minimum Gasteiger partial charge on any atom is -0.336 e. The van der Waals surface area contributed by atoms with E-state index in [4.69, 9.17) is 0 Å². The molecular weight excluding hydrogens is 202 g/mol. The first kappa shape index (κ1) is 10.6. The summed E-state index contributed by atoms with van der Waals surface area (Å²) in [6.45, 7) is 5.81. The maximum absolute atomic E-state index is 4.41. The molecule has 0 amide bonds. The molecule has 2 rings (SSSR count). The van der Waals surface area contributed by atoms with Gasteiger partial charge in [0.15, 0.2) is 5.82 Å². The van der Waals surface area contributed by atoms with E-state index in [1.807, 2.05) is 34.0 Å². The predicted molar refractivity (Wildman–Crippen MR) is 62.7 cm³/mol. The molecule has 2 aromatic rings. The average molecular weight is 217 g/mol. The fourth-order valence-corrected chi connectivity index (χ4v) is 1.51. The fraction of sp³-hybridized carbons (Fsp3) is 0.364. The Labute approximate surface area is 94.5 Å². The van der Waals surface area contributed by atoms with Crippen molar-refractivity contribution in [2.45, 2.75) is 20.8 Å². The maximum Gasteiger partial charge on any atom is 0.152 e. The van der Waals surface area contributed by atoms with E-state index in [2.05, 4.69) is 20.4 Å². The Morgan fingerprint density at radius 3 is 2.56 bits per heavy atom. The van der Waals surface area contributed by atoms with Crippen LogP contribution in [0.15, 0.2) is 12.4 Å². The molecule has 84 valence electrons. The third kappa shape index (κ3) is 2.03. The first-order valence-electron chi connectivity index (χ1n) is 5.14. The van der Waals surface area contributed by atoms with E-state index in [0.717, 1.165) is 28.6 Å². The van der Waals surface area contributed by atoms with Crippen LogP contribution >= 0.6 is 0 Å². The third-order valence-corrected chi connectivity index (χ3v) is 2.34. The van der Waals surface area contributed by atoms with Crippen LogP contribution in [0.5, 0.6) is 0 Å². The van der Waals surface area contributed by atoms with Gasteiger partial charge in [-0.05, 0) is 20.8 Å². The first-order chi connectivity index (χ1) is 7.56.